The topological polar surface area (TPSA) is 101 Å². The van der Waals surface area contributed by atoms with Crippen LogP contribution in [0.5, 0.6) is 0 Å². The zero-order valence-corrected chi connectivity index (χ0v) is 18.7. The molecule has 1 aliphatic rings. The Hall–Kier alpha value is -3.74. The summed E-state index contributed by atoms with van der Waals surface area (Å²) in [4.78, 5) is 35.9. The Morgan fingerprint density at radius 1 is 1.38 bits per heavy atom. The summed E-state index contributed by atoms with van der Waals surface area (Å²) in [6, 6.07) is 9.09. The predicted molar refractivity (Wildman–Crippen MR) is 128 cm³/mol. The first-order valence-electron chi connectivity index (χ1n) is 10.6. The van der Waals surface area contributed by atoms with Crippen LogP contribution in [0.2, 0.25) is 0 Å². The first kappa shape index (κ1) is 22.9. The Morgan fingerprint density at radius 2 is 2.16 bits per heavy atom. The number of pyridine rings is 1. The number of rotatable bonds is 7. The Kier molecular flexibility index (Phi) is 7.20. The van der Waals surface area contributed by atoms with Gasteiger partial charge in [-0.25, -0.2) is 0 Å². The fourth-order valence-electron chi connectivity index (χ4n) is 3.57. The lowest BCUT2D eigenvalue weighted by Gasteiger charge is -2.23. The average molecular weight is 432 g/mol. The van der Waals surface area contributed by atoms with Crippen molar-refractivity contribution in [2.24, 2.45) is 10.7 Å². The van der Waals surface area contributed by atoms with E-state index in [4.69, 9.17) is 5.73 Å². The molecule has 1 aromatic carbocycles. The lowest BCUT2D eigenvalue weighted by atomic mass is 10.0. The van der Waals surface area contributed by atoms with Crippen molar-refractivity contribution in [1.29, 1.82) is 0 Å². The molecule has 1 aromatic heterocycles. The summed E-state index contributed by atoms with van der Waals surface area (Å²) >= 11 is 0. The Bertz CT molecular complexity index is 1070. The van der Waals surface area contributed by atoms with E-state index in [0.717, 1.165) is 23.2 Å². The summed E-state index contributed by atoms with van der Waals surface area (Å²) in [5.41, 5.74) is 9.63. The zero-order valence-electron chi connectivity index (χ0n) is 18.7. The maximum Gasteiger partial charge on any atom is 0.251 e. The van der Waals surface area contributed by atoms with E-state index in [1.165, 1.54) is 12.4 Å². The predicted octanol–water partition coefficient (Wildman–Crippen LogP) is 3.75. The number of carbonyl (C=O) groups excluding carboxylic acids is 2. The fraction of sp³-hybridized carbons (Fsp3) is 0.280. The molecule has 166 valence electrons. The lowest BCUT2D eigenvalue weighted by molar-refractivity contribution is -0.117. The van der Waals surface area contributed by atoms with E-state index < -0.39 is 0 Å². The van der Waals surface area contributed by atoms with Crippen LogP contribution in [0.25, 0.3) is 11.3 Å². The highest BCUT2D eigenvalue weighted by Gasteiger charge is 2.30. The van der Waals surface area contributed by atoms with Crippen molar-refractivity contribution < 1.29 is 9.59 Å². The third kappa shape index (κ3) is 5.29. The normalized spacial score (nSPS) is 17.3. The molecule has 0 radical (unpaired) electrons. The molecule has 0 spiro atoms. The molecule has 32 heavy (non-hydrogen) atoms. The van der Waals surface area contributed by atoms with E-state index in [0.29, 0.717) is 23.2 Å². The Labute approximate surface area is 188 Å². The van der Waals surface area contributed by atoms with Crippen molar-refractivity contribution in [3.63, 3.8) is 0 Å². The van der Waals surface area contributed by atoms with E-state index in [1.54, 1.807) is 29.4 Å². The molecule has 2 unspecified atom stereocenters. The molecular formula is C25H29N5O2. The van der Waals surface area contributed by atoms with Crippen LogP contribution >= 0.6 is 0 Å². The van der Waals surface area contributed by atoms with Crippen molar-refractivity contribution in [2.45, 2.75) is 45.7 Å². The number of aromatic nitrogens is 1. The van der Waals surface area contributed by atoms with Crippen LogP contribution in [0.1, 0.15) is 42.6 Å². The summed E-state index contributed by atoms with van der Waals surface area (Å²) in [5.74, 6) is -0.209. The molecule has 3 rings (SSSR count). The molecule has 7 nitrogen and oxygen atoms in total. The summed E-state index contributed by atoms with van der Waals surface area (Å²) in [6.45, 7) is 9.76. The zero-order chi connectivity index (χ0) is 23.3. The van der Waals surface area contributed by atoms with Gasteiger partial charge in [0.15, 0.2) is 0 Å². The molecule has 0 saturated carbocycles. The van der Waals surface area contributed by atoms with Crippen LogP contribution < -0.4 is 16.0 Å². The number of anilines is 1. The van der Waals surface area contributed by atoms with Gasteiger partial charge in [-0.3, -0.25) is 19.6 Å². The lowest BCUT2D eigenvalue weighted by Crippen LogP contribution is -2.35. The molecule has 0 aliphatic carbocycles. The van der Waals surface area contributed by atoms with Gasteiger partial charge < -0.3 is 16.0 Å². The number of hydrogen-bond acceptors (Lipinski definition) is 5. The number of nitrogens with zero attached hydrogens (tertiary/aromatic N) is 3. The first-order chi connectivity index (χ1) is 15.3. The summed E-state index contributed by atoms with van der Waals surface area (Å²) < 4.78 is 0. The molecule has 2 atom stereocenters. The maximum absolute atomic E-state index is 13.1. The summed E-state index contributed by atoms with van der Waals surface area (Å²) in [7, 11) is 0. The van der Waals surface area contributed by atoms with Crippen molar-refractivity contribution >= 4 is 23.7 Å². The first-order valence-corrected chi connectivity index (χ1v) is 10.6. The van der Waals surface area contributed by atoms with Gasteiger partial charge in [0.05, 0.1) is 11.7 Å². The van der Waals surface area contributed by atoms with Gasteiger partial charge in [0.25, 0.3) is 5.91 Å². The third-order valence-corrected chi connectivity index (χ3v) is 5.47. The van der Waals surface area contributed by atoms with Crippen molar-refractivity contribution in [3.05, 3.63) is 72.2 Å². The van der Waals surface area contributed by atoms with E-state index in [-0.39, 0.29) is 23.9 Å². The largest absolute Gasteiger partial charge is 0.403 e. The minimum absolute atomic E-state index is 0.0591. The summed E-state index contributed by atoms with van der Waals surface area (Å²) in [6.07, 6.45) is 7.39. The highest BCUT2D eigenvalue weighted by Crippen LogP contribution is 2.31. The van der Waals surface area contributed by atoms with Gasteiger partial charge in [0.1, 0.15) is 0 Å². The van der Waals surface area contributed by atoms with Crippen LogP contribution in [-0.4, -0.2) is 35.1 Å². The van der Waals surface area contributed by atoms with E-state index in [1.807, 2.05) is 39.0 Å². The van der Waals surface area contributed by atoms with E-state index in [9.17, 15) is 9.59 Å². The quantitative estimate of drug-likeness (QED) is 0.652. The van der Waals surface area contributed by atoms with Crippen molar-refractivity contribution in [2.75, 3.05) is 4.90 Å². The standard InChI is InChI=1S/C25H29N5O2/c1-16-5-7-23(28-14-16)20-11-21(13-22(12-20)30-18(3)6-8-24(30)31)25(32)29-19(4)17(2)15-27-10-9-26/h5,7,9-15,18-19H,2,6,8,26H2,1,3-4H3,(H,29,32)/b10-9-,27-15-. The van der Waals surface area contributed by atoms with Crippen LogP contribution in [0, 0.1) is 6.92 Å². The molecule has 1 saturated heterocycles. The molecule has 2 aromatic rings. The smallest absolute Gasteiger partial charge is 0.251 e. The summed E-state index contributed by atoms with van der Waals surface area (Å²) in [5, 5.41) is 2.94. The number of aliphatic imine (C=N–C) groups is 1. The molecular weight excluding hydrogens is 402 g/mol. The van der Waals surface area contributed by atoms with Gasteiger partial charge in [-0.05, 0) is 62.6 Å². The SMILES string of the molecule is C=C(/C=N\C=C/N)C(C)NC(=O)c1cc(-c2ccc(C)cn2)cc(N2C(=O)CCC2C)c1. The van der Waals surface area contributed by atoms with Gasteiger partial charge in [0.2, 0.25) is 5.91 Å². The molecule has 2 amide bonds. The fourth-order valence-corrected chi connectivity index (χ4v) is 3.57. The van der Waals surface area contributed by atoms with Gasteiger partial charge in [-0.15, -0.1) is 0 Å². The number of benzene rings is 1. The number of hydrogen-bond donors (Lipinski definition) is 2. The second-order valence-electron chi connectivity index (χ2n) is 8.03. The van der Waals surface area contributed by atoms with Crippen molar-refractivity contribution in [1.82, 2.24) is 10.3 Å². The van der Waals surface area contributed by atoms with Gasteiger partial charge >= 0.3 is 0 Å². The Morgan fingerprint density at radius 3 is 2.78 bits per heavy atom. The monoisotopic (exact) mass is 431 g/mol. The molecule has 1 fully saturated rings. The van der Waals surface area contributed by atoms with Crippen LogP contribution in [0.3, 0.4) is 0 Å². The molecule has 3 N–H and O–H groups in total. The van der Waals surface area contributed by atoms with Gasteiger partial charge in [-0.2, -0.15) is 0 Å². The number of carbonyl (C=O) groups is 2. The second kappa shape index (κ2) is 10.0. The van der Waals surface area contributed by atoms with Crippen LogP contribution in [0.15, 0.2) is 66.1 Å². The second-order valence-corrected chi connectivity index (χ2v) is 8.03. The number of nitrogens with one attached hydrogen (secondary N) is 1. The molecule has 0 bridgehead atoms. The van der Waals surface area contributed by atoms with Crippen LogP contribution in [0.4, 0.5) is 5.69 Å². The highest BCUT2D eigenvalue weighted by molar-refractivity contribution is 6.01. The minimum Gasteiger partial charge on any atom is -0.403 e. The number of nitrogens with two attached hydrogens (primary N) is 1. The van der Waals surface area contributed by atoms with Crippen molar-refractivity contribution in [3.8, 4) is 11.3 Å². The van der Waals surface area contributed by atoms with Crippen LogP contribution in [-0.2, 0) is 4.79 Å². The number of aryl methyl sites for hydroxylation is 1. The molecule has 1 aliphatic heterocycles. The maximum atomic E-state index is 13.1. The third-order valence-electron chi connectivity index (χ3n) is 5.47. The minimum atomic E-state index is -0.339. The Balaban J connectivity index is 1.95. The average Bonchev–Trinajstić information content (AvgIpc) is 3.11. The molecule has 7 heteroatoms. The van der Waals surface area contributed by atoms with E-state index >= 15 is 0 Å². The molecule has 2 heterocycles. The van der Waals surface area contributed by atoms with E-state index in [2.05, 4.69) is 21.9 Å². The van der Waals surface area contributed by atoms with Gasteiger partial charge in [0, 0.05) is 54.1 Å². The number of amides is 2. The van der Waals surface area contributed by atoms with Gasteiger partial charge in [-0.1, -0.05) is 12.6 Å². The highest BCUT2D eigenvalue weighted by atomic mass is 16.2.